The van der Waals surface area contributed by atoms with E-state index in [4.69, 9.17) is 0 Å². The van der Waals surface area contributed by atoms with E-state index in [-0.39, 0.29) is 0 Å². The van der Waals surface area contributed by atoms with Gasteiger partial charge in [-0.2, -0.15) is 4.39 Å². The summed E-state index contributed by atoms with van der Waals surface area (Å²) in [6.45, 7) is 0. The summed E-state index contributed by atoms with van der Waals surface area (Å²) in [5, 5.41) is 0. The number of rotatable bonds is 2. The van der Waals surface area contributed by atoms with Crippen molar-refractivity contribution in [2.24, 2.45) is 25.9 Å². The molecule has 0 amide bonds. The van der Waals surface area contributed by atoms with Crippen molar-refractivity contribution in [3.8, 4) is 0 Å². The molecular weight excluding hydrogens is 219 g/mol. The molecule has 5 heteroatoms. The van der Waals surface area contributed by atoms with E-state index in [1.54, 1.807) is 0 Å². The highest BCUT2D eigenvalue weighted by molar-refractivity contribution is 6.65. The van der Waals surface area contributed by atoms with Gasteiger partial charge in [0, 0.05) is 6.42 Å². The zero-order valence-corrected chi connectivity index (χ0v) is 9.64. The van der Waals surface area contributed by atoms with Gasteiger partial charge in [-0.15, -0.1) is 0 Å². The first-order valence-electron chi connectivity index (χ1n) is 6.20. The maximum absolute atomic E-state index is 14.5. The Morgan fingerprint density at radius 3 is 2.94 bits per heavy atom. The van der Waals surface area contributed by atoms with Crippen molar-refractivity contribution in [2.45, 2.75) is 44.4 Å². The molecule has 0 N–H and O–H groups in total. The third-order valence-corrected chi connectivity index (χ3v) is 3.54. The number of halogens is 1. The first-order chi connectivity index (χ1) is 8.25. The van der Waals surface area contributed by atoms with Gasteiger partial charge in [0.25, 0.3) is 5.92 Å². The highest BCUT2D eigenvalue weighted by atomic mass is 19.1. The number of hydrogen-bond donors (Lipinski definition) is 0. The summed E-state index contributed by atoms with van der Waals surface area (Å²) in [7, 11) is 0. The van der Waals surface area contributed by atoms with Crippen molar-refractivity contribution in [3.63, 3.8) is 0 Å². The Morgan fingerprint density at radius 1 is 1.29 bits per heavy atom. The molecule has 0 aromatic rings. The van der Waals surface area contributed by atoms with Crippen LogP contribution >= 0.6 is 0 Å². The Hall–Kier alpha value is -1.39. The standard InChI is InChI=1S/C12H15FN4/c13-12(6-9-4-2-1-3-5-9)16-7-10-11(17-12)15-8-14-10/h7-9H,1-6H2. The van der Waals surface area contributed by atoms with Crippen LogP contribution in [0.2, 0.25) is 0 Å². The highest BCUT2D eigenvalue weighted by Gasteiger charge is 2.36. The second-order valence-corrected chi connectivity index (χ2v) is 4.88. The maximum Gasteiger partial charge on any atom is 0.296 e. The molecule has 0 bridgehead atoms. The molecule has 2 heterocycles. The zero-order valence-electron chi connectivity index (χ0n) is 9.64. The second-order valence-electron chi connectivity index (χ2n) is 4.88. The largest absolute Gasteiger partial charge is 0.296 e. The molecule has 1 atom stereocenters. The molecule has 2 aliphatic heterocycles. The van der Waals surface area contributed by atoms with Crippen molar-refractivity contribution >= 4 is 24.1 Å². The van der Waals surface area contributed by atoms with Crippen LogP contribution in [-0.4, -0.2) is 30.0 Å². The van der Waals surface area contributed by atoms with Crippen LogP contribution in [0.1, 0.15) is 38.5 Å². The molecule has 0 aromatic heterocycles. The van der Waals surface area contributed by atoms with Crippen LogP contribution in [0.15, 0.2) is 20.0 Å². The Kier molecular flexibility index (Phi) is 2.61. The molecule has 3 aliphatic rings. The van der Waals surface area contributed by atoms with E-state index in [9.17, 15) is 4.39 Å². The summed E-state index contributed by atoms with van der Waals surface area (Å²) >= 11 is 0. The maximum atomic E-state index is 14.5. The van der Waals surface area contributed by atoms with E-state index < -0.39 is 5.92 Å². The van der Waals surface area contributed by atoms with Gasteiger partial charge in [-0.05, 0) is 5.92 Å². The SMILES string of the molecule is FC1(CC2CCCCC2)N=CC2=NC=NC2=N1. The van der Waals surface area contributed by atoms with Gasteiger partial charge in [-0.1, -0.05) is 32.1 Å². The van der Waals surface area contributed by atoms with Crippen LogP contribution in [0, 0.1) is 5.92 Å². The molecular formula is C12H15FN4. The minimum atomic E-state index is -1.81. The number of alkyl halides is 1. The zero-order chi connectivity index (χ0) is 11.7. The predicted molar refractivity (Wildman–Crippen MR) is 66.9 cm³/mol. The molecule has 17 heavy (non-hydrogen) atoms. The van der Waals surface area contributed by atoms with Gasteiger partial charge >= 0.3 is 0 Å². The normalized spacial score (nSPS) is 32.3. The van der Waals surface area contributed by atoms with Gasteiger partial charge < -0.3 is 0 Å². The molecule has 1 aliphatic carbocycles. The minimum absolute atomic E-state index is 0.385. The van der Waals surface area contributed by atoms with E-state index in [0.29, 0.717) is 23.9 Å². The topological polar surface area (TPSA) is 49.4 Å². The third kappa shape index (κ3) is 2.18. The van der Waals surface area contributed by atoms with Gasteiger partial charge in [0.15, 0.2) is 5.84 Å². The van der Waals surface area contributed by atoms with Crippen LogP contribution in [0.25, 0.3) is 0 Å². The first-order valence-corrected chi connectivity index (χ1v) is 6.20. The van der Waals surface area contributed by atoms with Gasteiger partial charge in [-0.25, -0.2) is 20.0 Å². The average molecular weight is 234 g/mol. The average Bonchev–Trinajstić information content (AvgIpc) is 2.76. The van der Waals surface area contributed by atoms with E-state index >= 15 is 0 Å². The Labute approximate surface area is 99.5 Å². The first kappa shape index (κ1) is 10.7. The molecule has 0 radical (unpaired) electrons. The van der Waals surface area contributed by atoms with Crippen molar-refractivity contribution in [3.05, 3.63) is 0 Å². The predicted octanol–water partition coefficient (Wildman–Crippen LogP) is 2.55. The van der Waals surface area contributed by atoms with Crippen molar-refractivity contribution < 1.29 is 4.39 Å². The van der Waals surface area contributed by atoms with Crippen LogP contribution in [0.5, 0.6) is 0 Å². The molecule has 90 valence electrons. The molecule has 1 unspecified atom stereocenters. The summed E-state index contributed by atoms with van der Waals surface area (Å²) in [5.74, 6) is -1.02. The molecule has 0 saturated heterocycles. The molecule has 4 nitrogen and oxygen atoms in total. The lowest BCUT2D eigenvalue weighted by Crippen LogP contribution is -2.31. The minimum Gasteiger partial charge on any atom is -0.231 e. The lowest BCUT2D eigenvalue weighted by atomic mass is 9.85. The monoisotopic (exact) mass is 234 g/mol. The molecule has 1 saturated carbocycles. The quantitative estimate of drug-likeness (QED) is 0.659. The highest BCUT2D eigenvalue weighted by Crippen LogP contribution is 2.35. The number of hydrogen-bond acceptors (Lipinski definition) is 4. The van der Waals surface area contributed by atoms with E-state index in [0.717, 1.165) is 12.8 Å². The van der Waals surface area contributed by atoms with Crippen LogP contribution in [-0.2, 0) is 0 Å². The third-order valence-electron chi connectivity index (χ3n) is 3.54. The van der Waals surface area contributed by atoms with Crippen molar-refractivity contribution in [1.82, 2.24) is 0 Å². The van der Waals surface area contributed by atoms with Crippen LogP contribution in [0.3, 0.4) is 0 Å². The summed E-state index contributed by atoms with van der Waals surface area (Å²) < 4.78 is 14.5. The lowest BCUT2D eigenvalue weighted by molar-refractivity contribution is 0.129. The van der Waals surface area contributed by atoms with Crippen molar-refractivity contribution in [2.75, 3.05) is 0 Å². The molecule has 0 aromatic carbocycles. The van der Waals surface area contributed by atoms with Crippen LogP contribution in [0.4, 0.5) is 4.39 Å². The summed E-state index contributed by atoms with van der Waals surface area (Å²) in [6.07, 6.45) is 9.10. The number of aliphatic imine (C=N–C) groups is 4. The Balaban J connectivity index is 1.73. The molecule has 3 rings (SSSR count). The fourth-order valence-electron chi connectivity index (χ4n) is 2.65. The molecule has 0 spiro atoms. The van der Waals surface area contributed by atoms with E-state index in [2.05, 4.69) is 20.0 Å². The fourth-order valence-corrected chi connectivity index (χ4v) is 2.65. The fraction of sp³-hybridized carbons (Fsp3) is 0.667. The van der Waals surface area contributed by atoms with Gasteiger partial charge in [0.2, 0.25) is 0 Å². The Bertz CT molecular complexity index is 432. The van der Waals surface area contributed by atoms with Gasteiger partial charge in [0.1, 0.15) is 12.1 Å². The lowest BCUT2D eigenvalue weighted by Gasteiger charge is -2.27. The van der Waals surface area contributed by atoms with Gasteiger partial charge in [0.05, 0.1) is 6.21 Å². The van der Waals surface area contributed by atoms with E-state index in [1.807, 2.05) is 0 Å². The van der Waals surface area contributed by atoms with E-state index in [1.165, 1.54) is 31.8 Å². The number of fused-ring (bicyclic) bond motifs is 1. The molecule has 1 fully saturated rings. The van der Waals surface area contributed by atoms with Crippen molar-refractivity contribution in [1.29, 1.82) is 0 Å². The number of nitrogens with zero attached hydrogens (tertiary/aromatic N) is 4. The van der Waals surface area contributed by atoms with Crippen LogP contribution < -0.4 is 0 Å². The summed E-state index contributed by atoms with van der Waals surface area (Å²) in [5.41, 5.74) is 0.571. The summed E-state index contributed by atoms with van der Waals surface area (Å²) in [4.78, 5) is 15.8. The number of amidine groups is 1. The van der Waals surface area contributed by atoms with Gasteiger partial charge in [-0.3, -0.25) is 0 Å². The second kappa shape index (κ2) is 4.13. The smallest absolute Gasteiger partial charge is 0.231 e. The Morgan fingerprint density at radius 2 is 2.12 bits per heavy atom. The summed E-state index contributed by atoms with van der Waals surface area (Å²) in [6, 6.07) is 0.